The van der Waals surface area contributed by atoms with Crippen molar-refractivity contribution in [2.24, 2.45) is 5.92 Å². The highest BCUT2D eigenvalue weighted by molar-refractivity contribution is 5.96. The number of aromatic nitrogens is 6. The molecule has 0 spiro atoms. The quantitative estimate of drug-likeness (QED) is 0.414. The van der Waals surface area contributed by atoms with Gasteiger partial charge in [-0.3, -0.25) is 9.36 Å². The summed E-state index contributed by atoms with van der Waals surface area (Å²) < 4.78 is 9.17. The maximum Gasteiger partial charge on any atom is 0.326 e. The van der Waals surface area contributed by atoms with Gasteiger partial charge in [0.1, 0.15) is 6.33 Å². The van der Waals surface area contributed by atoms with Gasteiger partial charge in [-0.1, -0.05) is 12.1 Å². The molecular weight excluding hydrogens is 472 g/mol. The summed E-state index contributed by atoms with van der Waals surface area (Å²) >= 11 is 0. The van der Waals surface area contributed by atoms with Crippen LogP contribution in [-0.4, -0.2) is 67.8 Å². The fourth-order valence-corrected chi connectivity index (χ4v) is 5.67. The number of carbonyl (C=O) groups is 1. The zero-order chi connectivity index (χ0) is 25.4. The zero-order valence-corrected chi connectivity index (χ0v) is 21.0. The van der Waals surface area contributed by atoms with E-state index in [1.165, 1.54) is 0 Å². The first-order valence-electron chi connectivity index (χ1n) is 13.2. The van der Waals surface area contributed by atoms with Gasteiger partial charge in [0, 0.05) is 45.4 Å². The lowest BCUT2D eigenvalue weighted by Crippen LogP contribution is -2.37. The molecule has 2 aliphatic heterocycles. The Morgan fingerprint density at radius 2 is 1.92 bits per heavy atom. The molecule has 11 heteroatoms. The second-order valence-electron chi connectivity index (χ2n) is 9.85. The molecule has 37 heavy (non-hydrogen) atoms. The summed E-state index contributed by atoms with van der Waals surface area (Å²) in [7, 11) is 0. The number of carbonyl (C=O) groups excluding carboxylic acids is 1. The maximum atomic E-state index is 13.1. The number of benzene rings is 1. The van der Waals surface area contributed by atoms with Gasteiger partial charge in [0.25, 0.3) is 5.91 Å². The number of para-hydroxylation sites is 2. The zero-order valence-electron chi connectivity index (χ0n) is 21.0. The van der Waals surface area contributed by atoms with Crippen molar-refractivity contribution < 1.29 is 9.53 Å². The SMILES string of the molecule is CCn1c(C(=O)NCC2CCOCC2)nc2c(N3CCC(n4c(=O)[nH]c5ccccc54)CC3)ncnc21. The highest BCUT2D eigenvalue weighted by Gasteiger charge is 2.28. The lowest BCUT2D eigenvalue weighted by Gasteiger charge is -2.33. The van der Waals surface area contributed by atoms with Crippen LogP contribution in [0.25, 0.3) is 22.2 Å². The number of hydrogen-bond donors (Lipinski definition) is 2. The number of aromatic amines is 1. The van der Waals surface area contributed by atoms with Gasteiger partial charge in [-0.15, -0.1) is 0 Å². The molecule has 0 radical (unpaired) electrons. The second kappa shape index (κ2) is 9.97. The molecule has 0 atom stereocenters. The number of nitrogens with one attached hydrogen (secondary N) is 2. The molecule has 0 bridgehead atoms. The van der Waals surface area contributed by atoms with Crippen molar-refractivity contribution >= 4 is 33.9 Å². The Bertz CT molecular complexity index is 1470. The summed E-state index contributed by atoms with van der Waals surface area (Å²) in [6, 6.07) is 7.92. The molecule has 2 N–H and O–H groups in total. The molecule has 2 fully saturated rings. The number of hydrogen-bond acceptors (Lipinski definition) is 7. The summed E-state index contributed by atoms with van der Waals surface area (Å²) in [5.74, 6) is 1.35. The van der Waals surface area contributed by atoms with Gasteiger partial charge in [0.15, 0.2) is 17.0 Å². The molecule has 1 aromatic carbocycles. The molecule has 5 heterocycles. The summed E-state index contributed by atoms with van der Waals surface area (Å²) in [4.78, 5) is 44.7. The van der Waals surface area contributed by atoms with Crippen LogP contribution in [0.4, 0.5) is 5.82 Å². The Kier molecular flexibility index (Phi) is 6.37. The first kappa shape index (κ1) is 23.7. The van der Waals surface area contributed by atoms with E-state index in [0.29, 0.717) is 36.0 Å². The maximum absolute atomic E-state index is 13.1. The minimum Gasteiger partial charge on any atom is -0.381 e. The van der Waals surface area contributed by atoms with Crippen molar-refractivity contribution in [3.63, 3.8) is 0 Å². The molecule has 0 aliphatic carbocycles. The van der Waals surface area contributed by atoms with E-state index in [0.717, 1.165) is 68.8 Å². The van der Waals surface area contributed by atoms with Gasteiger partial charge in [-0.2, -0.15) is 0 Å². The number of piperidine rings is 1. The molecule has 2 saturated heterocycles. The average Bonchev–Trinajstić information content (AvgIpc) is 3.49. The fraction of sp³-hybridized carbons (Fsp3) is 0.500. The van der Waals surface area contributed by atoms with Gasteiger partial charge >= 0.3 is 5.69 Å². The Morgan fingerprint density at radius 1 is 1.14 bits per heavy atom. The lowest BCUT2D eigenvalue weighted by atomic mass is 10.0. The van der Waals surface area contributed by atoms with E-state index in [9.17, 15) is 9.59 Å². The van der Waals surface area contributed by atoms with Crippen LogP contribution in [0, 0.1) is 5.92 Å². The molecule has 3 aromatic heterocycles. The number of nitrogens with zero attached hydrogens (tertiary/aromatic N) is 6. The molecule has 11 nitrogen and oxygen atoms in total. The Morgan fingerprint density at radius 3 is 2.70 bits per heavy atom. The number of imidazole rings is 2. The van der Waals surface area contributed by atoms with Gasteiger partial charge in [-0.25, -0.2) is 19.7 Å². The van der Waals surface area contributed by atoms with E-state index < -0.39 is 0 Å². The largest absolute Gasteiger partial charge is 0.381 e. The minimum absolute atomic E-state index is 0.0674. The Hall–Kier alpha value is -3.73. The summed E-state index contributed by atoms with van der Waals surface area (Å²) in [6.45, 7) is 6.15. The first-order chi connectivity index (χ1) is 18.1. The van der Waals surface area contributed by atoms with Crippen LogP contribution < -0.4 is 15.9 Å². The normalized spacial score (nSPS) is 17.6. The fourth-order valence-electron chi connectivity index (χ4n) is 5.67. The smallest absolute Gasteiger partial charge is 0.326 e. The lowest BCUT2D eigenvalue weighted by molar-refractivity contribution is 0.0640. The van der Waals surface area contributed by atoms with Crippen LogP contribution >= 0.6 is 0 Å². The molecule has 0 unspecified atom stereocenters. The number of ether oxygens (including phenoxy) is 1. The van der Waals surface area contributed by atoms with Gasteiger partial charge in [0.05, 0.1) is 11.0 Å². The van der Waals surface area contributed by atoms with Crippen molar-refractivity contribution in [3.05, 3.63) is 46.9 Å². The topological polar surface area (TPSA) is 123 Å². The van der Waals surface area contributed by atoms with Crippen LogP contribution in [-0.2, 0) is 11.3 Å². The van der Waals surface area contributed by atoms with Crippen molar-refractivity contribution in [2.75, 3.05) is 37.7 Å². The molecule has 4 aromatic rings. The number of anilines is 1. The van der Waals surface area contributed by atoms with Crippen LogP contribution in [0.1, 0.15) is 49.3 Å². The first-order valence-corrected chi connectivity index (χ1v) is 13.2. The average molecular weight is 505 g/mol. The third-order valence-corrected chi connectivity index (χ3v) is 7.68. The third-order valence-electron chi connectivity index (χ3n) is 7.68. The molecule has 0 saturated carbocycles. The molecular formula is C26H32N8O3. The van der Waals surface area contributed by atoms with Crippen LogP contribution in [0.5, 0.6) is 0 Å². The van der Waals surface area contributed by atoms with Crippen molar-refractivity contribution in [1.29, 1.82) is 0 Å². The number of fused-ring (bicyclic) bond motifs is 2. The van der Waals surface area contributed by atoms with E-state index in [2.05, 4.69) is 25.2 Å². The van der Waals surface area contributed by atoms with E-state index >= 15 is 0 Å². The summed E-state index contributed by atoms with van der Waals surface area (Å²) in [5, 5.41) is 3.07. The molecule has 1 amide bonds. The number of amides is 1. The number of rotatable bonds is 6. The standard InChI is InChI=1S/C26H32N8O3/c1-2-33-23-21(31-24(33)25(35)27-15-17-9-13-37-14-10-17)22(28-16-29-23)32-11-7-18(8-12-32)34-20-6-4-3-5-19(20)30-26(34)36/h3-6,16-18H,2,7-15H2,1H3,(H,27,35)(H,30,36). The highest BCUT2D eigenvalue weighted by atomic mass is 16.5. The van der Waals surface area contributed by atoms with Crippen molar-refractivity contribution in [3.8, 4) is 0 Å². The molecule has 194 valence electrons. The van der Waals surface area contributed by atoms with Crippen molar-refractivity contribution in [1.82, 2.24) is 34.4 Å². The van der Waals surface area contributed by atoms with E-state index in [4.69, 9.17) is 9.72 Å². The van der Waals surface area contributed by atoms with Gasteiger partial charge in [-0.05, 0) is 50.7 Å². The predicted molar refractivity (Wildman–Crippen MR) is 140 cm³/mol. The van der Waals surface area contributed by atoms with E-state index in [1.54, 1.807) is 6.33 Å². The van der Waals surface area contributed by atoms with Crippen molar-refractivity contribution in [2.45, 2.75) is 45.2 Å². The number of aryl methyl sites for hydroxylation is 1. The summed E-state index contributed by atoms with van der Waals surface area (Å²) in [5.41, 5.74) is 3.04. The monoisotopic (exact) mass is 504 g/mol. The van der Waals surface area contributed by atoms with Crippen LogP contribution in [0.15, 0.2) is 35.4 Å². The Labute approximate surface area is 213 Å². The Balaban J connectivity index is 1.22. The second-order valence-corrected chi connectivity index (χ2v) is 9.85. The van der Waals surface area contributed by atoms with E-state index in [-0.39, 0.29) is 17.6 Å². The highest BCUT2D eigenvalue weighted by Crippen LogP contribution is 2.30. The predicted octanol–water partition coefficient (Wildman–Crippen LogP) is 2.49. The molecule has 2 aliphatic rings. The minimum atomic E-state index is -0.185. The van der Waals surface area contributed by atoms with Crippen LogP contribution in [0.3, 0.4) is 0 Å². The molecule has 6 rings (SSSR count). The summed E-state index contributed by atoms with van der Waals surface area (Å²) in [6.07, 6.45) is 5.08. The van der Waals surface area contributed by atoms with Gasteiger partial charge < -0.3 is 24.5 Å². The number of H-pyrrole nitrogens is 1. The van der Waals surface area contributed by atoms with Gasteiger partial charge in [0.2, 0.25) is 5.82 Å². The van der Waals surface area contributed by atoms with Crippen LogP contribution in [0.2, 0.25) is 0 Å². The third kappa shape index (κ3) is 4.37. The van der Waals surface area contributed by atoms with E-state index in [1.807, 2.05) is 40.3 Å².